The molecule has 2 atom stereocenters. The van der Waals surface area contributed by atoms with E-state index in [1.165, 1.54) is 0 Å². The first-order chi connectivity index (χ1) is 14.0. The number of fused-ring (bicyclic) bond motifs is 1. The molecule has 0 bridgehead atoms. The van der Waals surface area contributed by atoms with E-state index in [2.05, 4.69) is 0 Å². The highest BCUT2D eigenvalue weighted by Gasteiger charge is 2.41. The predicted molar refractivity (Wildman–Crippen MR) is 111 cm³/mol. The minimum atomic E-state index is -0.256. The van der Waals surface area contributed by atoms with Crippen molar-refractivity contribution < 1.29 is 0 Å². The van der Waals surface area contributed by atoms with Gasteiger partial charge in [-0.3, -0.25) is 0 Å². The SMILES string of the molecule is CN(C)c1ccc(C=C2C(=C(C#N)C#N)C3C=CC=CC3C2=C(C#N)C#N)cc1. The Morgan fingerprint density at radius 3 is 1.62 bits per heavy atom. The van der Waals surface area contributed by atoms with E-state index >= 15 is 0 Å². The maximum absolute atomic E-state index is 9.55. The van der Waals surface area contributed by atoms with E-state index in [1.807, 2.05) is 97.9 Å². The lowest BCUT2D eigenvalue weighted by molar-refractivity contribution is 0.664. The molecule has 0 heterocycles. The summed E-state index contributed by atoms with van der Waals surface area (Å²) in [6.07, 6.45) is 9.40. The molecule has 2 aliphatic carbocycles. The standard InChI is InChI=1S/C24H17N5/c1-29(2)19-9-7-16(8-10-19)11-22-23(17(12-25)13-26)20-5-3-4-6-21(20)24(22)18(14-27)15-28/h3-11,20-21H,1-2H3. The van der Waals surface area contributed by atoms with Crippen molar-refractivity contribution in [1.29, 1.82) is 21.0 Å². The van der Waals surface area contributed by atoms with Gasteiger partial charge in [0.25, 0.3) is 0 Å². The third-order valence-corrected chi connectivity index (χ3v) is 5.09. The van der Waals surface area contributed by atoms with Gasteiger partial charge in [-0.15, -0.1) is 0 Å². The van der Waals surface area contributed by atoms with Gasteiger partial charge in [0.15, 0.2) is 0 Å². The van der Waals surface area contributed by atoms with Crippen molar-refractivity contribution in [2.24, 2.45) is 11.8 Å². The second kappa shape index (κ2) is 8.14. The quantitative estimate of drug-likeness (QED) is 0.722. The fourth-order valence-corrected chi connectivity index (χ4v) is 3.75. The van der Waals surface area contributed by atoms with Crippen LogP contribution >= 0.6 is 0 Å². The van der Waals surface area contributed by atoms with Gasteiger partial charge in [-0.05, 0) is 40.5 Å². The number of nitriles is 4. The fraction of sp³-hybridized carbons (Fsp3) is 0.167. The molecule has 0 radical (unpaired) electrons. The molecule has 0 aliphatic heterocycles. The molecule has 1 saturated carbocycles. The van der Waals surface area contributed by atoms with E-state index in [1.54, 1.807) is 0 Å². The molecule has 0 saturated heterocycles. The van der Waals surface area contributed by atoms with Crippen LogP contribution in [0.3, 0.4) is 0 Å². The Balaban J connectivity index is 2.32. The molecule has 5 heteroatoms. The monoisotopic (exact) mass is 375 g/mol. The third-order valence-electron chi connectivity index (χ3n) is 5.09. The summed E-state index contributed by atoms with van der Waals surface area (Å²) in [6.45, 7) is 0. The maximum Gasteiger partial charge on any atom is 0.134 e. The molecule has 5 nitrogen and oxygen atoms in total. The van der Waals surface area contributed by atoms with Crippen LogP contribution in [0.2, 0.25) is 0 Å². The average molecular weight is 375 g/mol. The van der Waals surface area contributed by atoms with E-state index in [4.69, 9.17) is 0 Å². The van der Waals surface area contributed by atoms with Crippen molar-refractivity contribution in [3.63, 3.8) is 0 Å². The van der Waals surface area contributed by atoms with Crippen LogP contribution in [0.15, 0.2) is 76.4 Å². The highest BCUT2D eigenvalue weighted by molar-refractivity contribution is 5.77. The Labute approximate surface area is 170 Å². The van der Waals surface area contributed by atoms with Crippen LogP contribution in [0.1, 0.15) is 5.56 Å². The number of hydrogen-bond acceptors (Lipinski definition) is 5. The summed E-state index contributed by atoms with van der Waals surface area (Å²) in [4.78, 5) is 1.99. The third kappa shape index (κ3) is 3.46. The van der Waals surface area contributed by atoms with Gasteiger partial charge >= 0.3 is 0 Å². The van der Waals surface area contributed by atoms with Crippen LogP contribution in [0.25, 0.3) is 6.08 Å². The van der Waals surface area contributed by atoms with Gasteiger partial charge in [-0.2, -0.15) is 21.0 Å². The molecular weight excluding hydrogens is 358 g/mol. The van der Waals surface area contributed by atoms with Crippen molar-refractivity contribution in [1.82, 2.24) is 0 Å². The largest absolute Gasteiger partial charge is 0.378 e. The van der Waals surface area contributed by atoms with Crippen LogP contribution < -0.4 is 4.90 Å². The van der Waals surface area contributed by atoms with E-state index in [0.717, 1.165) is 11.3 Å². The molecule has 1 fully saturated rings. The molecule has 138 valence electrons. The highest BCUT2D eigenvalue weighted by atomic mass is 15.1. The zero-order valence-corrected chi connectivity index (χ0v) is 16.1. The molecule has 2 unspecified atom stereocenters. The van der Waals surface area contributed by atoms with Gasteiger partial charge in [-0.25, -0.2) is 0 Å². The zero-order valence-electron chi connectivity index (χ0n) is 16.1. The Kier molecular flexibility index (Phi) is 5.46. The maximum atomic E-state index is 9.55. The number of hydrogen-bond donors (Lipinski definition) is 0. The molecule has 1 aromatic rings. The lowest BCUT2D eigenvalue weighted by Gasteiger charge is -2.16. The van der Waals surface area contributed by atoms with Crippen LogP contribution in [0, 0.1) is 57.2 Å². The Morgan fingerprint density at radius 2 is 1.24 bits per heavy atom. The zero-order chi connectivity index (χ0) is 21.0. The van der Waals surface area contributed by atoms with Crippen molar-refractivity contribution in [2.45, 2.75) is 0 Å². The lowest BCUT2D eigenvalue weighted by Crippen LogP contribution is -2.09. The molecule has 0 aromatic heterocycles. The topological polar surface area (TPSA) is 98.4 Å². The summed E-state index contributed by atoms with van der Waals surface area (Å²) in [5.74, 6) is -0.512. The Bertz CT molecular complexity index is 1060. The van der Waals surface area contributed by atoms with E-state index in [0.29, 0.717) is 16.7 Å². The smallest absolute Gasteiger partial charge is 0.134 e. The number of allylic oxidation sites excluding steroid dienone is 9. The minimum absolute atomic E-state index is 0.00124. The lowest BCUT2D eigenvalue weighted by atomic mass is 9.86. The second-order valence-electron chi connectivity index (χ2n) is 6.89. The van der Waals surface area contributed by atoms with Gasteiger partial charge in [0, 0.05) is 31.6 Å². The highest BCUT2D eigenvalue weighted by Crippen LogP contribution is 2.50. The van der Waals surface area contributed by atoms with Crippen molar-refractivity contribution in [3.05, 3.63) is 82.0 Å². The van der Waals surface area contributed by atoms with Crippen molar-refractivity contribution in [2.75, 3.05) is 19.0 Å². The molecular formula is C24H17N5. The fourth-order valence-electron chi connectivity index (χ4n) is 3.75. The summed E-state index contributed by atoms with van der Waals surface area (Å²) in [7, 11) is 3.90. The molecule has 0 spiro atoms. The van der Waals surface area contributed by atoms with Crippen LogP contribution in [-0.2, 0) is 0 Å². The average Bonchev–Trinajstić information content (AvgIpc) is 3.05. The molecule has 1 aromatic carbocycles. The van der Waals surface area contributed by atoms with Crippen LogP contribution in [0.5, 0.6) is 0 Å². The predicted octanol–water partition coefficient (Wildman–Crippen LogP) is 4.20. The summed E-state index contributed by atoms with van der Waals surface area (Å²) >= 11 is 0. The summed E-state index contributed by atoms with van der Waals surface area (Å²) in [6, 6.07) is 15.7. The van der Waals surface area contributed by atoms with Gasteiger partial charge < -0.3 is 4.90 Å². The van der Waals surface area contributed by atoms with Gasteiger partial charge in [0.05, 0.1) is 0 Å². The molecule has 0 amide bonds. The van der Waals surface area contributed by atoms with Gasteiger partial charge in [0.1, 0.15) is 35.4 Å². The molecule has 29 heavy (non-hydrogen) atoms. The first-order valence-electron chi connectivity index (χ1n) is 8.99. The summed E-state index contributed by atoms with van der Waals surface area (Å²) in [5, 5.41) is 38.2. The Hall–Kier alpha value is -4.32. The summed E-state index contributed by atoms with van der Waals surface area (Å²) < 4.78 is 0. The number of nitrogens with zero attached hydrogens (tertiary/aromatic N) is 5. The molecule has 2 aliphatic rings. The minimum Gasteiger partial charge on any atom is -0.378 e. The number of benzene rings is 1. The van der Waals surface area contributed by atoms with Crippen molar-refractivity contribution in [3.8, 4) is 24.3 Å². The molecule has 3 rings (SSSR count). The second-order valence-corrected chi connectivity index (χ2v) is 6.89. The number of anilines is 1. The van der Waals surface area contributed by atoms with E-state index < -0.39 is 0 Å². The van der Waals surface area contributed by atoms with Crippen molar-refractivity contribution >= 4 is 11.8 Å². The summed E-state index contributed by atoms with van der Waals surface area (Å²) in [5.41, 5.74) is 3.63. The number of rotatable bonds is 2. The Morgan fingerprint density at radius 1 is 0.793 bits per heavy atom. The van der Waals surface area contributed by atoms with E-state index in [-0.39, 0.29) is 23.0 Å². The van der Waals surface area contributed by atoms with Crippen LogP contribution in [0.4, 0.5) is 5.69 Å². The first-order valence-corrected chi connectivity index (χ1v) is 8.99. The van der Waals surface area contributed by atoms with Gasteiger partial charge in [0.2, 0.25) is 0 Å². The molecule has 0 N–H and O–H groups in total. The first kappa shape index (κ1) is 19.4. The van der Waals surface area contributed by atoms with Gasteiger partial charge in [-0.1, -0.05) is 36.4 Å². The van der Waals surface area contributed by atoms with E-state index in [9.17, 15) is 21.0 Å². The van der Waals surface area contributed by atoms with Crippen LogP contribution in [-0.4, -0.2) is 14.1 Å². The normalized spacial score (nSPS) is 18.8.